The molecule has 1 fully saturated rings. The van der Waals surface area contributed by atoms with Gasteiger partial charge in [-0.15, -0.1) is 0 Å². The molecule has 0 spiro atoms. The van der Waals surface area contributed by atoms with E-state index in [1.54, 1.807) is 6.08 Å². The zero-order chi connectivity index (χ0) is 41.6. The summed E-state index contributed by atoms with van der Waals surface area (Å²) >= 11 is 0. The first kappa shape index (κ1) is 53.9. The van der Waals surface area contributed by atoms with Gasteiger partial charge in [0.2, 0.25) is 5.91 Å². The number of amides is 1. The Labute approximate surface area is 350 Å². The molecular formula is C48H93NO8. The van der Waals surface area contributed by atoms with Crippen molar-refractivity contribution in [2.24, 2.45) is 0 Å². The molecule has 7 unspecified atom stereocenters. The van der Waals surface area contributed by atoms with Gasteiger partial charge in [-0.25, -0.2) is 0 Å². The second kappa shape index (κ2) is 39.1. The van der Waals surface area contributed by atoms with Crippen LogP contribution in [-0.2, 0) is 14.3 Å². The molecular weight excluding hydrogens is 719 g/mol. The minimum Gasteiger partial charge on any atom is -0.394 e. The molecule has 0 aromatic heterocycles. The van der Waals surface area contributed by atoms with E-state index >= 15 is 0 Å². The van der Waals surface area contributed by atoms with E-state index in [9.17, 15) is 30.3 Å². The fourth-order valence-electron chi connectivity index (χ4n) is 7.92. The molecule has 1 heterocycles. The van der Waals surface area contributed by atoms with Crippen LogP contribution in [0.4, 0.5) is 0 Å². The van der Waals surface area contributed by atoms with Crippen molar-refractivity contribution in [2.45, 2.75) is 275 Å². The SMILES string of the molecule is CCCCCCCCCCCCC/C=C/C(O)C(COC1OC(CO)C(O)C(O)C1O)NC(=O)CCCCCCCCCCCCCCCCCCCCCCC. The molecule has 1 aliphatic rings. The Morgan fingerprint density at radius 2 is 0.965 bits per heavy atom. The molecule has 0 aromatic carbocycles. The zero-order valence-corrected chi connectivity index (χ0v) is 37.1. The number of carbonyl (C=O) groups is 1. The van der Waals surface area contributed by atoms with Gasteiger partial charge in [-0.05, 0) is 19.3 Å². The van der Waals surface area contributed by atoms with Crippen molar-refractivity contribution in [3.63, 3.8) is 0 Å². The quantitative estimate of drug-likeness (QED) is 0.0264. The molecule has 0 aromatic rings. The molecule has 9 heteroatoms. The van der Waals surface area contributed by atoms with Crippen LogP contribution < -0.4 is 5.32 Å². The fraction of sp³-hybridized carbons (Fsp3) is 0.938. The average molecular weight is 812 g/mol. The van der Waals surface area contributed by atoms with Gasteiger partial charge in [-0.2, -0.15) is 0 Å². The number of ether oxygens (including phenoxy) is 2. The lowest BCUT2D eigenvalue weighted by atomic mass is 9.99. The van der Waals surface area contributed by atoms with Crippen LogP contribution in [0, 0.1) is 0 Å². The summed E-state index contributed by atoms with van der Waals surface area (Å²) in [6.07, 6.45) is 38.3. The van der Waals surface area contributed by atoms with Crippen molar-refractivity contribution in [1.82, 2.24) is 5.32 Å². The summed E-state index contributed by atoms with van der Waals surface area (Å²) in [6.45, 7) is 3.79. The van der Waals surface area contributed by atoms with E-state index in [-0.39, 0.29) is 12.5 Å². The summed E-state index contributed by atoms with van der Waals surface area (Å²) in [5, 5.41) is 54.2. The number of aliphatic hydroxyl groups excluding tert-OH is 5. The molecule has 0 bridgehead atoms. The standard InChI is InChI=1S/C48H93NO8/c1-3-5-7-9-11-13-15-17-18-19-20-21-22-23-24-26-28-30-32-34-36-38-44(52)49-41(40-56-48-47(55)46(54)45(53)43(39-50)57-48)42(51)37-35-33-31-29-27-25-16-14-12-10-8-6-4-2/h35,37,41-43,45-48,50-51,53-55H,3-34,36,38-40H2,1-2H3,(H,49,52)/b37-35+. The summed E-state index contributed by atoms with van der Waals surface area (Å²) in [5.74, 6) is -0.173. The molecule has 1 amide bonds. The number of nitrogens with one attached hydrogen (secondary N) is 1. The number of hydrogen-bond acceptors (Lipinski definition) is 8. The summed E-state index contributed by atoms with van der Waals surface area (Å²) in [5.41, 5.74) is 0. The number of aliphatic hydroxyl groups is 5. The molecule has 7 atom stereocenters. The van der Waals surface area contributed by atoms with Crippen LogP contribution in [0.15, 0.2) is 12.2 Å². The van der Waals surface area contributed by atoms with Crippen LogP contribution in [0.3, 0.4) is 0 Å². The highest BCUT2D eigenvalue weighted by Gasteiger charge is 2.44. The third kappa shape index (κ3) is 29.7. The number of allylic oxidation sites excluding steroid dienone is 1. The first-order chi connectivity index (χ1) is 27.8. The number of unbranched alkanes of at least 4 members (excludes halogenated alkanes) is 31. The minimum absolute atomic E-state index is 0.173. The van der Waals surface area contributed by atoms with Crippen LogP contribution in [0.25, 0.3) is 0 Å². The summed E-state index contributed by atoms with van der Waals surface area (Å²) < 4.78 is 11.2. The third-order valence-electron chi connectivity index (χ3n) is 11.9. The van der Waals surface area contributed by atoms with Crippen molar-refractivity contribution in [2.75, 3.05) is 13.2 Å². The minimum atomic E-state index is -1.56. The van der Waals surface area contributed by atoms with Crippen molar-refractivity contribution < 1.29 is 39.8 Å². The van der Waals surface area contributed by atoms with Gasteiger partial charge in [0.15, 0.2) is 6.29 Å². The van der Waals surface area contributed by atoms with E-state index in [1.807, 2.05) is 6.08 Å². The van der Waals surface area contributed by atoms with Gasteiger partial charge in [0.25, 0.3) is 0 Å². The Balaban J connectivity index is 2.27. The molecule has 6 N–H and O–H groups in total. The number of carbonyl (C=O) groups excluding carboxylic acids is 1. The molecule has 338 valence electrons. The number of hydrogen-bond donors (Lipinski definition) is 6. The van der Waals surface area contributed by atoms with E-state index < -0.39 is 49.5 Å². The van der Waals surface area contributed by atoms with Crippen molar-refractivity contribution in [1.29, 1.82) is 0 Å². The first-order valence-electron chi connectivity index (χ1n) is 24.4. The van der Waals surface area contributed by atoms with Gasteiger partial charge in [-0.1, -0.05) is 219 Å². The maximum atomic E-state index is 13.0. The highest BCUT2D eigenvalue weighted by atomic mass is 16.7. The molecule has 0 aliphatic carbocycles. The first-order valence-corrected chi connectivity index (χ1v) is 24.4. The summed E-state index contributed by atoms with van der Waals surface area (Å²) in [6, 6.07) is -0.798. The van der Waals surface area contributed by atoms with Crippen molar-refractivity contribution in [3.8, 4) is 0 Å². The van der Waals surface area contributed by atoms with Gasteiger partial charge < -0.3 is 40.3 Å². The molecule has 9 nitrogen and oxygen atoms in total. The normalized spacial score (nSPS) is 21.0. The summed E-state index contributed by atoms with van der Waals surface area (Å²) in [7, 11) is 0. The van der Waals surface area contributed by atoms with Gasteiger partial charge in [-0.3, -0.25) is 4.79 Å². The molecule has 1 aliphatic heterocycles. The van der Waals surface area contributed by atoms with E-state index in [2.05, 4.69) is 19.2 Å². The van der Waals surface area contributed by atoms with E-state index in [1.165, 1.54) is 173 Å². The predicted octanol–water partition coefficient (Wildman–Crippen LogP) is 10.5. The van der Waals surface area contributed by atoms with Gasteiger partial charge in [0.05, 0.1) is 25.4 Å². The van der Waals surface area contributed by atoms with E-state index in [4.69, 9.17) is 9.47 Å². The monoisotopic (exact) mass is 812 g/mol. The Morgan fingerprint density at radius 1 is 0.579 bits per heavy atom. The van der Waals surface area contributed by atoms with E-state index in [0.29, 0.717) is 6.42 Å². The maximum absolute atomic E-state index is 13.0. The van der Waals surface area contributed by atoms with Crippen LogP contribution in [0.2, 0.25) is 0 Å². The Morgan fingerprint density at radius 3 is 1.37 bits per heavy atom. The van der Waals surface area contributed by atoms with Crippen LogP contribution >= 0.6 is 0 Å². The molecule has 57 heavy (non-hydrogen) atoms. The van der Waals surface area contributed by atoms with Crippen LogP contribution in [-0.4, -0.2) is 87.5 Å². The van der Waals surface area contributed by atoms with Crippen LogP contribution in [0.1, 0.15) is 232 Å². The highest BCUT2D eigenvalue weighted by molar-refractivity contribution is 5.76. The lowest BCUT2D eigenvalue weighted by molar-refractivity contribution is -0.302. The second-order valence-electron chi connectivity index (χ2n) is 17.3. The third-order valence-corrected chi connectivity index (χ3v) is 11.9. The van der Waals surface area contributed by atoms with Crippen LogP contribution in [0.5, 0.6) is 0 Å². The Bertz CT molecular complexity index is 904. The highest BCUT2D eigenvalue weighted by Crippen LogP contribution is 2.23. The largest absolute Gasteiger partial charge is 0.394 e. The smallest absolute Gasteiger partial charge is 0.220 e. The van der Waals surface area contributed by atoms with Gasteiger partial charge in [0.1, 0.15) is 24.4 Å². The van der Waals surface area contributed by atoms with E-state index in [0.717, 1.165) is 38.5 Å². The average Bonchev–Trinajstić information content (AvgIpc) is 3.21. The number of rotatable bonds is 41. The molecule has 0 saturated carbocycles. The second-order valence-corrected chi connectivity index (χ2v) is 17.3. The summed E-state index contributed by atoms with van der Waals surface area (Å²) in [4.78, 5) is 13.0. The maximum Gasteiger partial charge on any atom is 0.220 e. The Kier molecular flexibility index (Phi) is 37.0. The molecule has 1 rings (SSSR count). The predicted molar refractivity (Wildman–Crippen MR) is 235 cm³/mol. The Hall–Kier alpha value is -1.07. The van der Waals surface area contributed by atoms with Crippen molar-refractivity contribution >= 4 is 5.91 Å². The molecule has 0 radical (unpaired) electrons. The van der Waals surface area contributed by atoms with Gasteiger partial charge in [0, 0.05) is 6.42 Å². The zero-order valence-electron chi connectivity index (χ0n) is 37.1. The lowest BCUT2D eigenvalue weighted by Crippen LogP contribution is -2.60. The van der Waals surface area contributed by atoms with Crippen molar-refractivity contribution in [3.05, 3.63) is 12.2 Å². The van der Waals surface area contributed by atoms with Gasteiger partial charge >= 0.3 is 0 Å². The topological polar surface area (TPSA) is 149 Å². The molecule has 1 saturated heterocycles. The lowest BCUT2D eigenvalue weighted by Gasteiger charge is -2.40. The fourth-order valence-corrected chi connectivity index (χ4v) is 7.92.